The Kier molecular flexibility index (Phi) is 3.37. The summed E-state index contributed by atoms with van der Waals surface area (Å²) in [6.07, 6.45) is 2.29. The fourth-order valence-electron chi connectivity index (χ4n) is 3.46. The van der Waals surface area contributed by atoms with Crippen LogP contribution < -0.4 is 5.56 Å². The molecule has 0 atom stereocenters. The Morgan fingerprint density at radius 1 is 1.40 bits per heavy atom. The van der Waals surface area contributed by atoms with Crippen molar-refractivity contribution in [2.24, 2.45) is 0 Å². The van der Waals surface area contributed by atoms with E-state index < -0.39 is 0 Å². The van der Waals surface area contributed by atoms with Crippen molar-refractivity contribution >= 4 is 22.2 Å². The van der Waals surface area contributed by atoms with E-state index in [1.807, 2.05) is 13.8 Å². The van der Waals surface area contributed by atoms with Crippen molar-refractivity contribution in [1.29, 1.82) is 0 Å². The molecular formula is C19H21N3O3. The molecule has 0 fully saturated rings. The van der Waals surface area contributed by atoms with E-state index in [0.717, 1.165) is 34.2 Å². The fraction of sp³-hybridized carbons (Fsp3) is 0.421. The molecule has 6 nitrogen and oxygen atoms in total. The predicted molar refractivity (Wildman–Crippen MR) is 95.7 cm³/mol. The van der Waals surface area contributed by atoms with Crippen molar-refractivity contribution in [1.82, 2.24) is 14.5 Å². The highest BCUT2D eigenvalue weighted by Crippen LogP contribution is 2.37. The van der Waals surface area contributed by atoms with Gasteiger partial charge in [0, 0.05) is 24.2 Å². The first kappa shape index (κ1) is 16.0. The first-order valence-corrected chi connectivity index (χ1v) is 8.35. The van der Waals surface area contributed by atoms with Crippen LogP contribution in [0.2, 0.25) is 0 Å². The van der Waals surface area contributed by atoms with Crippen molar-refractivity contribution in [2.75, 3.05) is 0 Å². The molecule has 0 saturated heterocycles. The molecule has 1 aliphatic heterocycles. The Bertz CT molecular complexity index is 1090. The maximum Gasteiger partial charge on any atom is 0.297 e. The van der Waals surface area contributed by atoms with E-state index in [1.54, 1.807) is 6.33 Å². The van der Waals surface area contributed by atoms with E-state index in [4.69, 9.17) is 9.15 Å². The number of allylic oxidation sites excluding steroid dienone is 1. The lowest BCUT2D eigenvalue weighted by Crippen LogP contribution is -2.32. The van der Waals surface area contributed by atoms with Gasteiger partial charge in [-0.2, -0.15) is 0 Å². The third-order valence-electron chi connectivity index (χ3n) is 4.67. The van der Waals surface area contributed by atoms with Crippen LogP contribution in [0.1, 0.15) is 37.6 Å². The lowest BCUT2D eigenvalue weighted by Gasteiger charge is -2.32. The first-order valence-electron chi connectivity index (χ1n) is 8.35. The van der Waals surface area contributed by atoms with E-state index in [-0.39, 0.29) is 16.7 Å². The van der Waals surface area contributed by atoms with Gasteiger partial charge in [-0.05, 0) is 33.3 Å². The number of hydrogen-bond acceptors (Lipinski definition) is 5. The van der Waals surface area contributed by atoms with Crippen LogP contribution in [0.15, 0.2) is 27.7 Å². The molecule has 6 heteroatoms. The van der Waals surface area contributed by atoms with Gasteiger partial charge in [0.1, 0.15) is 5.52 Å². The van der Waals surface area contributed by atoms with Crippen LogP contribution in [0.5, 0.6) is 0 Å². The molecule has 0 saturated carbocycles. The summed E-state index contributed by atoms with van der Waals surface area (Å²) in [7, 11) is 0. The largest absolute Gasteiger partial charge is 0.430 e. The minimum Gasteiger partial charge on any atom is -0.430 e. The van der Waals surface area contributed by atoms with Crippen molar-refractivity contribution in [3.8, 4) is 0 Å². The Labute approximate surface area is 145 Å². The average molecular weight is 339 g/mol. The van der Waals surface area contributed by atoms with Crippen molar-refractivity contribution in [3.05, 3.63) is 45.7 Å². The fourth-order valence-corrected chi connectivity index (χ4v) is 3.46. The monoisotopic (exact) mass is 339 g/mol. The van der Waals surface area contributed by atoms with Crippen LogP contribution in [0.4, 0.5) is 0 Å². The van der Waals surface area contributed by atoms with Crippen LogP contribution in [0.3, 0.4) is 0 Å². The predicted octanol–water partition coefficient (Wildman–Crippen LogP) is 3.27. The van der Waals surface area contributed by atoms with Crippen LogP contribution in [-0.2, 0) is 24.3 Å². The van der Waals surface area contributed by atoms with Gasteiger partial charge >= 0.3 is 0 Å². The summed E-state index contributed by atoms with van der Waals surface area (Å²) in [6.45, 7) is 12.7. The molecule has 25 heavy (non-hydrogen) atoms. The molecule has 0 bridgehead atoms. The standard InChI is InChI=1S/C19H21N3O3/c1-10(2)7-22-9-20-15-14-12-6-19(4,5)24-8-13(12)11(3)21-17(14)25-16(15)18(22)23/h9H,1,6-8H2,2-5H3. The normalized spacial score (nSPS) is 16.3. The average Bonchev–Trinajstić information content (AvgIpc) is 2.88. The summed E-state index contributed by atoms with van der Waals surface area (Å²) in [5, 5.41) is 0.839. The van der Waals surface area contributed by atoms with E-state index in [1.165, 1.54) is 4.57 Å². The van der Waals surface area contributed by atoms with Gasteiger partial charge in [0.05, 0.1) is 23.9 Å². The molecule has 130 valence electrons. The third kappa shape index (κ3) is 2.48. The van der Waals surface area contributed by atoms with Crippen LogP contribution in [0, 0.1) is 6.92 Å². The van der Waals surface area contributed by atoms with Gasteiger partial charge in [-0.3, -0.25) is 9.36 Å². The molecule has 0 aliphatic carbocycles. The number of furan rings is 1. The molecule has 0 amide bonds. The second kappa shape index (κ2) is 5.26. The smallest absolute Gasteiger partial charge is 0.297 e. The molecule has 0 unspecified atom stereocenters. The van der Waals surface area contributed by atoms with Gasteiger partial charge in [0.15, 0.2) is 0 Å². The second-order valence-electron chi connectivity index (χ2n) is 7.47. The van der Waals surface area contributed by atoms with Gasteiger partial charge < -0.3 is 9.15 Å². The number of ether oxygens (including phenoxy) is 1. The maximum absolute atomic E-state index is 12.7. The first-order chi connectivity index (χ1) is 11.8. The molecule has 0 radical (unpaired) electrons. The molecule has 3 aromatic rings. The lowest BCUT2D eigenvalue weighted by atomic mass is 9.89. The quantitative estimate of drug-likeness (QED) is 0.670. The molecule has 0 N–H and O–H groups in total. The second-order valence-corrected chi connectivity index (χ2v) is 7.47. The Morgan fingerprint density at radius 2 is 2.16 bits per heavy atom. The van der Waals surface area contributed by atoms with E-state index in [2.05, 4.69) is 30.4 Å². The summed E-state index contributed by atoms with van der Waals surface area (Å²) in [4.78, 5) is 21.8. The molecule has 3 aromatic heterocycles. The number of pyridine rings is 1. The zero-order chi connectivity index (χ0) is 17.9. The minimum absolute atomic E-state index is 0.205. The Balaban J connectivity index is 2.06. The summed E-state index contributed by atoms with van der Waals surface area (Å²) < 4.78 is 13.3. The summed E-state index contributed by atoms with van der Waals surface area (Å²) in [6, 6.07) is 0. The molecule has 0 aromatic carbocycles. The van der Waals surface area contributed by atoms with E-state index >= 15 is 0 Å². The van der Waals surface area contributed by atoms with Gasteiger partial charge in [-0.25, -0.2) is 9.97 Å². The number of aryl methyl sites for hydroxylation is 1. The van der Waals surface area contributed by atoms with Gasteiger partial charge in [-0.1, -0.05) is 12.2 Å². The zero-order valence-corrected chi connectivity index (χ0v) is 15.0. The number of nitrogens with zero attached hydrogens (tertiary/aromatic N) is 3. The molecular weight excluding hydrogens is 318 g/mol. The molecule has 0 spiro atoms. The molecule has 1 aliphatic rings. The highest BCUT2D eigenvalue weighted by atomic mass is 16.5. The number of hydrogen-bond donors (Lipinski definition) is 0. The van der Waals surface area contributed by atoms with Gasteiger partial charge in [-0.15, -0.1) is 0 Å². The highest BCUT2D eigenvalue weighted by Gasteiger charge is 2.31. The van der Waals surface area contributed by atoms with E-state index in [9.17, 15) is 4.79 Å². The number of fused-ring (bicyclic) bond motifs is 5. The third-order valence-corrected chi connectivity index (χ3v) is 4.67. The summed E-state index contributed by atoms with van der Waals surface area (Å²) in [5.74, 6) is 0. The molecule has 4 rings (SSSR count). The van der Waals surface area contributed by atoms with Crippen molar-refractivity contribution < 1.29 is 9.15 Å². The van der Waals surface area contributed by atoms with Crippen LogP contribution >= 0.6 is 0 Å². The Morgan fingerprint density at radius 3 is 2.88 bits per heavy atom. The topological polar surface area (TPSA) is 70.2 Å². The van der Waals surface area contributed by atoms with Gasteiger partial charge in [0.2, 0.25) is 11.3 Å². The summed E-state index contributed by atoms with van der Waals surface area (Å²) in [5.41, 5.74) is 4.79. The van der Waals surface area contributed by atoms with Crippen LogP contribution in [0.25, 0.3) is 22.2 Å². The van der Waals surface area contributed by atoms with Crippen LogP contribution in [-0.4, -0.2) is 20.1 Å². The molecule has 4 heterocycles. The Hall–Kier alpha value is -2.47. The minimum atomic E-state index is -0.272. The summed E-state index contributed by atoms with van der Waals surface area (Å²) >= 11 is 0. The zero-order valence-electron chi connectivity index (χ0n) is 15.0. The maximum atomic E-state index is 12.7. The van der Waals surface area contributed by atoms with Crippen molar-refractivity contribution in [3.63, 3.8) is 0 Å². The van der Waals surface area contributed by atoms with Gasteiger partial charge in [0.25, 0.3) is 5.56 Å². The number of rotatable bonds is 2. The number of aromatic nitrogens is 3. The lowest BCUT2D eigenvalue weighted by molar-refractivity contribution is -0.0400. The van der Waals surface area contributed by atoms with Crippen molar-refractivity contribution in [2.45, 2.75) is 52.9 Å². The highest BCUT2D eigenvalue weighted by molar-refractivity contribution is 6.03. The van der Waals surface area contributed by atoms with E-state index in [0.29, 0.717) is 24.4 Å². The SMILES string of the molecule is C=C(C)Cn1cnc2c(oc3nc(C)c4c(c32)CC(C)(C)OC4)c1=O.